The van der Waals surface area contributed by atoms with Crippen LogP contribution in [0.1, 0.15) is 58.4 Å². The quantitative estimate of drug-likeness (QED) is 0.593. The van der Waals surface area contributed by atoms with E-state index in [1.54, 1.807) is 20.8 Å². The molecule has 0 unspecified atom stereocenters. The van der Waals surface area contributed by atoms with Crippen molar-refractivity contribution >= 4 is 6.09 Å². The van der Waals surface area contributed by atoms with E-state index >= 15 is 0 Å². The molecule has 1 aromatic rings. The Kier molecular flexibility index (Phi) is 7.53. The summed E-state index contributed by atoms with van der Waals surface area (Å²) < 4.78 is 35.2. The molecule has 0 N–H and O–H groups in total. The highest BCUT2D eigenvalue weighted by molar-refractivity contribution is 5.68. The predicted octanol–water partition coefficient (Wildman–Crippen LogP) is 5.26. The average Bonchev–Trinajstić information content (AvgIpc) is 2.78. The van der Waals surface area contributed by atoms with Crippen LogP contribution in [0.4, 0.5) is 13.6 Å². The zero-order chi connectivity index (χ0) is 24.4. The Morgan fingerprint density at radius 3 is 2.12 bits per heavy atom. The fourth-order valence-corrected chi connectivity index (χ4v) is 5.74. The second kappa shape index (κ2) is 10.1. The Morgan fingerprint density at radius 1 is 0.971 bits per heavy atom. The monoisotopic (exact) mass is 477 g/mol. The second-order valence-corrected chi connectivity index (χ2v) is 11.7. The molecule has 1 atom stereocenters. The number of benzene rings is 1. The standard InChI is InChI=1S/C27H41F2N3O2/c1-25(2,3)34-24(33)32-14-9-23(27(28,29)21-32)20-31-17-12-26(13-18-31)10-15-30(16-11-26)19-22-7-5-4-6-8-22/h4-8,23H,9-21H2,1-3H3/t23-/m1/s1. The van der Waals surface area contributed by atoms with Crippen LogP contribution in [0.25, 0.3) is 0 Å². The van der Waals surface area contributed by atoms with Gasteiger partial charge in [-0.05, 0) is 90.0 Å². The van der Waals surface area contributed by atoms with Gasteiger partial charge in [-0.2, -0.15) is 0 Å². The molecule has 1 spiro atoms. The molecule has 190 valence electrons. The molecular weight excluding hydrogens is 436 g/mol. The molecule has 3 aliphatic heterocycles. The highest BCUT2D eigenvalue weighted by Crippen LogP contribution is 2.42. The minimum Gasteiger partial charge on any atom is -0.444 e. The average molecular weight is 478 g/mol. The molecular formula is C27H41F2N3O2. The lowest BCUT2D eigenvalue weighted by atomic mass is 9.71. The SMILES string of the molecule is CC(C)(C)OC(=O)N1CC[C@H](CN2CCC3(CCN(Cc4ccccc4)CC3)CC2)C(F)(F)C1. The number of nitrogens with zero attached hydrogens (tertiary/aromatic N) is 3. The van der Waals surface area contributed by atoms with Gasteiger partial charge in [-0.3, -0.25) is 4.90 Å². The first kappa shape index (κ1) is 25.4. The number of likely N-dealkylation sites (tertiary alicyclic amines) is 3. The molecule has 1 amide bonds. The summed E-state index contributed by atoms with van der Waals surface area (Å²) in [5.41, 5.74) is 1.07. The van der Waals surface area contributed by atoms with E-state index < -0.39 is 30.1 Å². The lowest BCUT2D eigenvalue weighted by Crippen LogP contribution is -2.55. The van der Waals surface area contributed by atoms with Gasteiger partial charge in [0.25, 0.3) is 5.92 Å². The maximum absolute atomic E-state index is 15.0. The zero-order valence-corrected chi connectivity index (χ0v) is 21.1. The molecule has 7 heteroatoms. The van der Waals surface area contributed by atoms with Crippen molar-refractivity contribution in [1.29, 1.82) is 0 Å². The highest BCUT2D eigenvalue weighted by Gasteiger charge is 2.48. The van der Waals surface area contributed by atoms with Crippen LogP contribution in [0, 0.1) is 11.3 Å². The third kappa shape index (κ3) is 6.48. The van der Waals surface area contributed by atoms with Gasteiger partial charge >= 0.3 is 6.09 Å². The molecule has 4 rings (SSSR count). The molecule has 1 aromatic carbocycles. The van der Waals surface area contributed by atoms with Gasteiger partial charge in [0.05, 0.1) is 6.54 Å². The molecule has 0 radical (unpaired) electrons. The normalized spacial score (nSPS) is 25.9. The molecule has 5 nitrogen and oxygen atoms in total. The molecule has 3 heterocycles. The first-order valence-corrected chi connectivity index (χ1v) is 12.9. The third-order valence-electron chi connectivity index (χ3n) is 7.96. The minimum absolute atomic E-state index is 0.322. The van der Waals surface area contributed by atoms with Crippen molar-refractivity contribution in [1.82, 2.24) is 14.7 Å². The van der Waals surface area contributed by atoms with Crippen molar-refractivity contribution in [3.8, 4) is 0 Å². The number of rotatable bonds is 4. The Bertz CT molecular complexity index is 809. The number of hydrogen-bond acceptors (Lipinski definition) is 4. The smallest absolute Gasteiger partial charge is 0.410 e. The molecule has 0 saturated carbocycles. The van der Waals surface area contributed by atoms with Crippen LogP contribution in [0.15, 0.2) is 30.3 Å². The summed E-state index contributed by atoms with van der Waals surface area (Å²) >= 11 is 0. The van der Waals surface area contributed by atoms with E-state index in [0.29, 0.717) is 24.9 Å². The summed E-state index contributed by atoms with van der Waals surface area (Å²) in [5.74, 6) is -3.58. The second-order valence-electron chi connectivity index (χ2n) is 11.7. The summed E-state index contributed by atoms with van der Waals surface area (Å²) in [4.78, 5) is 18.2. The molecule has 3 saturated heterocycles. The predicted molar refractivity (Wildman–Crippen MR) is 130 cm³/mol. The van der Waals surface area contributed by atoms with Gasteiger partial charge in [0.15, 0.2) is 0 Å². The third-order valence-corrected chi connectivity index (χ3v) is 7.96. The van der Waals surface area contributed by atoms with E-state index in [4.69, 9.17) is 4.74 Å². The number of alkyl halides is 2. The van der Waals surface area contributed by atoms with Gasteiger partial charge < -0.3 is 14.5 Å². The molecule has 0 bridgehead atoms. The van der Waals surface area contributed by atoms with Gasteiger partial charge in [0.2, 0.25) is 0 Å². The number of ether oxygens (including phenoxy) is 1. The van der Waals surface area contributed by atoms with Crippen LogP contribution in [0.3, 0.4) is 0 Å². The number of amides is 1. The Hall–Kier alpha value is -1.73. The summed E-state index contributed by atoms with van der Waals surface area (Å²) in [7, 11) is 0. The lowest BCUT2D eigenvalue weighted by Gasteiger charge is -2.48. The summed E-state index contributed by atoms with van der Waals surface area (Å²) in [6.45, 7) is 10.6. The first-order chi connectivity index (χ1) is 16.0. The molecule has 3 fully saturated rings. The summed E-state index contributed by atoms with van der Waals surface area (Å²) in [6, 6.07) is 10.6. The summed E-state index contributed by atoms with van der Waals surface area (Å²) in [5, 5.41) is 0. The van der Waals surface area contributed by atoms with Gasteiger partial charge in [0, 0.05) is 25.6 Å². The van der Waals surface area contributed by atoms with Crippen molar-refractivity contribution < 1.29 is 18.3 Å². The maximum Gasteiger partial charge on any atom is 0.410 e. The fourth-order valence-electron chi connectivity index (χ4n) is 5.74. The number of halogens is 2. The number of piperidine rings is 3. The Balaban J connectivity index is 1.22. The molecule has 34 heavy (non-hydrogen) atoms. The van der Waals surface area contributed by atoms with Crippen LogP contribution in [-0.2, 0) is 11.3 Å². The van der Waals surface area contributed by atoms with Gasteiger partial charge in [-0.25, -0.2) is 13.6 Å². The van der Waals surface area contributed by atoms with Crippen molar-refractivity contribution in [2.75, 3.05) is 45.8 Å². The first-order valence-electron chi connectivity index (χ1n) is 12.9. The molecule has 3 aliphatic rings. The van der Waals surface area contributed by atoms with Crippen LogP contribution < -0.4 is 0 Å². The number of carbonyl (C=O) groups excluding carboxylic acids is 1. The molecule has 0 aliphatic carbocycles. The van der Waals surface area contributed by atoms with Gasteiger partial charge in [0.1, 0.15) is 5.60 Å². The van der Waals surface area contributed by atoms with Gasteiger partial charge in [-0.15, -0.1) is 0 Å². The highest BCUT2D eigenvalue weighted by atomic mass is 19.3. The van der Waals surface area contributed by atoms with Crippen molar-refractivity contribution in [3.05, 3.63) is 35.9 Å². The van der Waals surface area contributed by atoms with Crippen molar-refractivity contribution in [3.63, 3.8) is 0 Å². The van der Waals surface area contributed by atoms with Crippen molar-refractivity contribution in [2.45, 2.75) is 70.9 Å². The van der Waals surface area contributed by atoms with E-state index in [1.807, 2.05) is 0 Å². The van der Waals surface area contributed by atoms with Crippen molar-refractivity contribution in [2.24, 2.45) is 11.3 Å². The maximum atomic E-state index is 15.0. The number of hydrogen-bond donors (Lipinski definition) is 0. The fraction of sp³-hybridized carbons (Fsp3) is 0.741. The molecule has 0 aromatic heterocycles. The van der Waals surface area contributed by atoms with E-state index in [1.165, 1.54) is 23.3 Å². The van der Waals surface area contributed by atoms with E-state index in [-0.39, 0.29) is 0 Å². The largest absolute Gasteiger partial charge is 0.444 e. The lowest BCUT2D eigenvalue weighted by molar-refractivity contribution is -0.120. The van der Waals surface area contributed by atoms with Crippen LogP contribution in [0.5, 0.6) is 0 Å². The van der Waals surface area contributed by atoms with Crippen LogP contribution in [-0.4, -0.2) is 78.1 Å². The van der Waals surface area contributed by atoms with Crippen LogP contribution >= 0.6 is 0 Å². The minimum atomic E-state index is -2.88. The zero-order valence-electron chi connectivity index (χ0n) is 21.1. The summed E-state index contributed by atoms with van der Waals surface area (Å²) in [6.07, 6.45) is 4.31. The Morgan fingerprint density at radius 2 is 1.56 bits per heavy atom. The number of carbonyl (C=O) groups is 1. The van der Waals surface area contributed by atoms with E-state index in [2.05, 4.69) is 40.1 Å². The van der Waals surface area contributed by atoms with Crippen LogP contribution in [0.2, 0.25) is 0 Å². The Labute approximate surface area is 203 Å². The topological polar surface area (TPSA) is 36.0 Å². The van der Waals surface area contributed by atoms with Gasteiger partial charge in [-0.1, -0.05) is 30.3 Å². The van der Waals surface area contributed by atoms with E-state index in [9.17, 15) is 13.6 Å². The van der Waals surface area contributed by atoms with E-state index in [0.717, 1.165) is 45.6 Å².